The number of aromatic nitrogens is 1. The van der Waals surface area contributed by atoms with Gasteiger partial charge in [0.05, 0.1) is 22.2 Å². The van der Waals surface area contributed by atoms with Crippen molar-refractivity contribution in [2.75, 3.05) is 69.1 Å². The van der Waals surface area contributed by atoms with Gasteiger partial charge in [0.1, 0.15) is 5.75 Å². The average molecular weight is 649 g/mol. The van der Waals surface area contributed by atoms with Crippen molar-refractivity contribution in [1.29, 1.82) is 0 Å². The third-order valence-electron chi connectivity index (χ3n) is 7.89. The number of nitrogens with one attached hydrogen (secondary N) is 1. The van der Waals surface area contributed by atoms with Crippen LogP contribution in [-0.2, 0) is 15.7 Å². The molecule has 0 unspecified atom stereocenters. The highest BCUT2D eigenvalue weighted by atomic mass is 32.2. The van der Waals surface area contributed by atoms with Crippen LogP contribution in [0.15, 0.2) is 53.6 Å². The van der Waals surface area contributed by atoms with Gasteiger partial charge in [0.15, 0.2) is 6.79 Å². The molecule has 2 heterocycles. The number of benzene rings is 2. The number of halogens is 3. The number of carboxylic acids is 1. The van der Waals surface area contributed by atoms with Crippen LogP contribution >= 0.6 is 11.8 Å². The van der Waals surface area contributed by atoms with Gasteiger partial charge in [-0.15, -0.1) is 11.8 Å². The molecule has 12 heteroatoms. The maximum absolute atomic E-state index is 13.0. The minimum absolute atomic E-state index is 0.144. The Hall–Kier alpha value is -3.22. The van der Waals surface area contributed by atoms with Gasteiger partial charge < -0.3 is 24.8 Å². The number of ether oxygens (including phenoxy) is 2. The number of pyridine rings is 1. The van der Waals surface area contributed by atoms with Gasteiger partial charge in [-0.2, -0.15) is 13.2 Å². The molecule has 1 aliphatic heterocycles. The Morgan fingerprint density at radius 3 is 2.49 bits per heavy atom. The summed E-state index contributed by atoms with van der Waals surface area (Å²) < 4.78 is 50.2. The van der Waals surface area contributed by atoms with Gasteiger partial charge in [0.25, 0.3) is 0 Å². The molecule has 4 rings (SSSR count). The van der Waals surface area contributed by atoms with Crippen LogP contribution < -0.4 is 15.0 Å². The summed E-state index contributed by atoms with van der Waals surface area (Å²) in [6.45, 7) is 8.12. The van der Waals surface area contributed by atoms with Crippen molar-refractivity contribution in [1.82, 2.24) is 9.88 Å². The van der Waals surface area contributed by atoms with E-state index in [0.29, 0.717) is 12.1 Å². The number of methoxy groups -OCH3 is 1. The SMILES string of the molecule is COCOc1cc(NCCCCCCSc2ccnc3cc(C(F)(F)F)ccc23)ccc1N1CCN(CC(C)(C)C(=O)O)CC1. The Labute approximate surface area is 267 Å². The largest absolute Gasteiger partial charge is 0.481 e. The topological polar surface area (TPSA) is 87.2 Å². The molecule has 0 aliphatic carbocycles. The molecule has 0 bridgehead atoms. The van der Waals surface area contributed by atoms with E-state index in [4.69, 9.17) is 9.47 Å². The maximum Gasteiger partial charge on any atom is 0.416 e. The van der Waals surface area contributed by atoms with Gasteiger partial charge in [0.2, 0.25) is 0 Å². The predicted molar refractivity (Wildman–Crippen MR) is 173 cm³/mol. The summed E-state index contributed by atoms with van der Waals surface area (Å²) in [6, 6.07) is 11.7. The molecule has 3 aromatic rings. The molecule has 1 saturated heterocycles. The second kappa shape index (κ2) is 15.9. The molecular weight excluding hydrogens is 605 g/mol. The van der Waals surface area contributed by atoms with Crippen LogP contribution in [0.4, 0.5) is 24.5 Å². The van der Waals surface area contributed by atoms with Gasteiger partial charge in [0, 0.05) is 74.6 Å². The normalized spacial score (nSPS) is 14.6. The number of carboxylic acid groups (broad SMARTS) is 1. The lowest BCUT2D eigenvalue weighted by atomic mass is 9.93. The number of unbranched alkanes of at least 4 members (excludes halogenated alkanes) is 3. The van der Waals surface area contributed by atoms with Crippen molar-refractivity contribution in [2.24, 2.45) is 5.41 Å². The van der Waals surface area contributed by atoms with Gasteiger partial charge in [-0.3, -0.25) is 14.7 Å². The van der Waals surface area contributed by atoms with Gasteiger partial charge >= 0.3 is 12.1 Å². The summed E-state index contributed by atoms with van der Waals surface area (Å²) in [7, 11) is 1.59. The number of hydrogen-bond donors (Lipinski definition) is 2. The number of alkyl halides is 3. The molecular formula is C33H43F3N4O4S. The average Bonchev–Trinajstić information content (AvgIpc) is 3.01. The van der Waals surface area contributed by atoms with E-state index < -0.39 is 23.1 Å². The van der Waals surface area contributed by atoms with Crippen LogP contribution in [0.25, 0.3) is 10.9 Å². The molecule has 1 fully saturated rings. The summed E-state index contributed by atoms with van der Waals surface area (Å²) in [5.74, 6) is 0.852. The summed E-state index contributed by atoms with van der Waals surface area (Å²) in [5, 5.41) is 13.7. The Morgan fingerprint density at radius 1 is 1.02 bits per heavy atom. The van der Waals surface area contributed by atoms with E-state index in [1.165, 1.54) is 6.07 Å². The zero-order chi connectivity index (χ0) is 32.5. The molecule has 0 amide bonds. The monoisotopic (exact) mass is 648 g/mol. The second-order valence-corrected chi connectivity index (χ2v) is 13.1. The number of hydrogen-bond acceptors (Lipinski definition) is 8. The minimum atomic E-state index is -4.38. The van der Waals surface area contributed by atoms with Crippen LogP contribution in [0, 0.1) is 5.41 Å². The highest BCUT2D eigenvalue weighted by Gasteiger charge is 2.32. The quantitative estimate of drug-likeness (QED) is 0.0949. The van der Waals surface area contributed by atoms with Gasteiger partial charge in [-0.1, -0.05) is 18.9 Å². The third kappa shape index (κ3) is 9.88. The van der Waals surface area contributed by atoms with Crippen LogP contribution in [-0.4, -0.2) is 79.9 Å². The Balaban J connectivity index is 1.19. The number of piperazine rings is 1. The Bertz CT molecular complexity index is 1410. The van der Waals surface area contributed by atoms with Gasteiger partial charge in [-0.05, 0) is 62.8 Å². The lowest BCUT2D eigenvalue weighted by molar-refractivity contribution is -0.148. The number of thioether (sulfide) groups is 1. The van der Waals surface area contributed by atoms with Crippen LogP contribution in [0.2, 0.25) is 0 Å². The summed E-state index contributed by atoms with van der Waals surface area (Å²) in [5.41, 5.74) is 0.869. The van der Waals surface area contributed by atoms with Crippen molar-refractivity contribution in [3.8, 4) is 5.75 Å². The lowest BCUT2D eigenvalue weighted by Gasteiger charge is -2.39. The van der Waals surface area contributed by atoms with Crippen molar-refractivity contribution >= 4 is 40.0 Å². The van der Waals surface area contributed by atoms with E-state index in [2.05, 4.69) is 32.2 Å². The number of fused-ring (bicyclic) bond motifs is 1. The molecule has 246 valence electrons. The third-order valence-corrected chi connectivity index (χ3v) is 9.05. The highest BCUT2D eigenvalue weighted by molar-refractivity contribution is 7.99. The Morgan fingerprint density at radius 2 is 1.78 bits per heavy atom. The minimum Gasteiger partial charge on any atom is -0.481 e. The van der Waals surface area contributed by atoms with Crippen LogP contribution in [0.1, 0.15) is 45.1 Å². The smallest absolute Gasteiger partial charge is 0.416 e. The fraction of sp³-hybridized carbons (Fsp3) is 0.515. The molecule has 8 nitrogen and oxygen atoms in total. The van der Waals surface area contributed by atoms with Crippen molar-refractivity contribution in [3.63, 3.8) is 0 Å². The first kappa shape index (κ1) is 34.6. The molecule has 2 N–H and O–H groups in total. The molecule has 45 heavy (non-hydrogen) atoms. The molecule has 2 aromatic carbocycles. The van der Waals surface area contributed by atoms with E-state index in [9.17, 15) is 23.1 Å². The molecule has 0 radical (unpaired) electrons. The van der Waals surface area contributed by atoms with E-state index >= 15 is 0 Å². The highest BCUT2D eigenvalue weighted by Crippen LogP contribution is 2.35. The summed E-state index contributed by atoms with van der Waals surface area (Å²) in [4.78, 5) is 21.1. The molecule has 1 aromatic heterocycles. The summed E-state index contributed by atoms with van der Waals surface area (Å²) in [6.07, 6.45) is 1.34. The zero-order valence-corrected chi connectivity index (χ0v) is 27.0. The predicted octanol–water partition coefficient (Wildman–Crippen LogP) is 7.23. The van der Waals surface area contributed by atoms with E-state index in [0.717, 1.165) is 104 Å². The zero-order valence-electron chi connectivity index (χ0n) is 26.2. The fourth-order valence-electron chi connectivity index (χ4n) is 5.32. The van der Waals surface area contributed by atoms with Crippen LogP contribution in [0.5, 0.6) is 5.75 Å². The van der Waals surface area contributed by atoms with E-state index in [1.54, 1.807) is 38.9 Å². The second-order valence-electron chi connectivity index (χ2n) is 11.9. The molecule has 0 spiro atoms. The number of rotatable bonds is 16. The fourth-order valence-corrected chi connectivity index (χ4v) is 6.37. The molecule has 1 aliphatic rings. The number of carbonyl (C=O) groups is 1. The van der Waals surface area contributed by atoms with Crippen LogP contribution in [0.3, 0.4) is 0 Å². The molecule has 0 saturated carbocycles. The van der Waals surface area contributed by atoms with Crippen molar-refractivity contribution < 1.29 is 32.5 Å². The standard InChI is InChI=1S/C33H43F3N4O4S/c1-32(2,31(41)42)22-39-15-17-40(18-16-39)28-11-9-25(21-29(28)44-23-43-3)37-13-6-4-5-7-19-45-30-12-14-38-27-20-24(33(34,35)36)8-10-26(27)30/h8-12,14,20-21,37H,4-7,13,15-19,22-23H2,1-3H3,(H,41,42). The molecule has 0 atom stereocenters. The number of aliphatic carboxylic acids is 1. The van der Waals surface area contributed by atoms with Crippen molar-refractivity contribution in [3.05, 3.63) is 54.2 Å². The maximum atomic E-state index is 13.0. The van der Waals surface area contributed by atoms with Crippen molar-refractivity contribution in [2.45, 2.75) is 50.6 Å². The number of anilines is 2. The summed E-state index contributed by atoms with van der Waals surface area (Å²) >= 11 is 1.66. The number of nitrogens with zero attached hydrogens (tertiary/aromatic N) is 3. The van der Waals surface area contributed by atoms with E-state index in [1.807, 2.05) is 12.1 Å². The first-order valence-corrected chi connectivity index (χ1v) is 16.3. The van der Waals surface area contributed by atoms with Gasteiger partial charge in [-0.25, -0.2) is 0 Å². The van der Waals surface area contributed by atoms with E-state index in [-0.39, 0.29) is 6.79 Å². The lowest BCUT2D eigenvalue weighted by Crippen LogP contribution is -2.50. The Kier molecular flexibility index (Phi) is 12.2. The first-order valence-electron chi connectivity index (χ1n) is 15.3. The first-order chi connectivity index (χ1) is 21.5.